The van der Waals surface area contributed by atoms with Gasteiger partial charge in [0, 0.05) is 75.9 Å². The van der Waals surface area contributed by atoms with E-state index in [1.165, 1.54) is 135 Å². The van der Waals surface area contributed by atoms with Crippen LogP contribution < -0.4 is 4.74 Å². The molecule has 15 atom stereocenters. The Balaban J connectivity index is 1.37. The molecule has 1 aromatic rings. The average Bonchev–Trinajstić information content (AvgIpc) is 0.802. The van der Waals surface area contributed by atoms with Gasteiger partial charge in [-0.3, -0.25) is 38.4 Å². The minimum Gasteiger partial charge on any atom is -0.462 e. The molecule has 4 aliphatic rings. The molecule has 3 heterocycles. The second kappa shape index (κ2) is 55.3. The third kappa shape index (κ3) is 35.5. The zero-order valence-electron chi connectivity index (χ0n) is 75.3. The number of esters is 6. The molecule has 2 bridgehead atoms. The highest BCUT2D eigenvalue weighted by molar-refractivity contribution is 6.39. The van der Waals surface area contributed by atoms with Gasteiger partial charge in [0.1, 0.15) is 49.1 Å². The van der Waals surface area contributed by atoms with Crippen LogP contribution in [0.2, 0.25) is 0 Å². The Hall–Kier alpha value is -5.91. The van der Waals surface area contributed by atoms with Crippen molar-refractivity contribution in [1.29, 1.82) is 0 Å². The zero-order chi connectivity index (χ0) is 86.7. The maximum absolute atomic E-state index is 15.3. The second-order valence-electron chi connectivity index (χ2n) is 36.1. The van der Waals surface area contributed by atoms with Crippen LogP contribution in [0.25, 0.3) is 0 Å². The number of carbonyl (C=O) groups is 9. The SMILES string of the molecule is C=CC[C@@H]1/C=C(\C)C[C@H](C)C[C@H](OC)[C@H]2O[C@@](O)(C(=O)C(=O)N3CCCC[C@H]3C(=O)O[C@H](C(C)CC3CC[C@@H](O)[C@H](OC)C3)[C@H](C)[C@@H](OC(=O)CC(C)(C)c3c(C)cc(C)cc3OC(=O)CCC(=O)OC(COC(=O)CCCCCCCCCCCCCCC)COC(=O)CCCCCCCCCCCCCCC)CC1=O)[C@H](C)C[C@@H]2OC. The van der Waals surface area contributed by atoms with Crippen molar-refractivity contribution in [2.75, 3.05) is 41.1 Å². The van der Waals surface area contributed by atoms with E-state index >= 15 is 14.4 Å². The number of unbranched alkanes of at least 4 members (excludes halogenated alkanes) is 24. The Bertz CT molecular complexity index is 3190. The van der Waals surface area contributed by atoms with E-state index in [2.05, 4.69) is 20.4 Å². The number of nitrogens with zero attached hydrogens (tertiary/aromatic N) is 1. The summed E-state index contributed by atoms with van der Waals surface area (Å²) in [6.45, 7) is 24.4. The van der Waals surface area contributed by atoms with E-state index in [0.29, 0.717) is 75.3 Å². The number of allylic oxidation sites excluding steroid dienone is 3. The molecule has 1 aromatic carbocycles. The molecule has 0 spiro atoms. The number of piperidine rings is 1. The number of carbonyl (C=O) groups excluding carboxylic acids is 9. The summed E-state index contributed by atoms with van der Waals surface area (Å²) in [5, 5.41) is 23.4. The van der Waals surface area contributed by atoms with Crippen molar-refractivity contribution in [3.05, 3.63) is 53.1 Å². The van der Waals surface area contributed by atoms with E-state index in [0.717, 1.165) is 49.7 Å². The predicted octanol–water partition coefficient (Wildman–Crippen LogP) is 18.9. The highest BCUT2D eigenvalue weighted by Crippen LogP contribution is 2.43. The molecule has 22 heteroatoms. The van der Waals surface area contributed by atoms with E-state index in [1.54, 1.807) is 33.1 Å². The van der Waals surface area contributed by atoms with Crippen LogP contribution in [0.5, 0.6) is 5.75 Å². The minimum atomic E-state index is -2.62. The summed E-state index contributed by atoms with van der Waals surface area (Å²) in [7, 11) is 4.58. The molecule has 0 radical (unpaired) electrons. The zero-order valence-corrected chi connectivity index (χ0v) is 75.3. The first-order chi connectivity index (χ1) is 56.4. The lowest BCUT2D eigenvalue weighted by atomic mass is 9.76. The van der Waals surface area contributed by atoms with Crippen molar-refractivity contribution >= 4 is 53.3 Å². The monoisotopic (exact) mass is 1660 g/mol. The number of Topliss-reactive ketones (excluding diaryl/α,β-unsaturated/α-hetero) is 2. The summed E-state index contributed by atoms with van der Waals surface area (Å²) < 4.78 is 60.8. The quantitative estimate of drug-likeness (QED) is 0.0153. The maximum atomic E-state index is 15.3. The molecule has 5 rings (SSSR count). The van der Waals surface area contributed by atoms with Crippen LogP contribution in [0.1, 0.15) is 355 Å². The fourth-order valence-electron chi connectivity index (χ4n) is 18.4. The lowest BCUT2D eigenvalue weighted by molar-refractivity contribution is -0.302. The molecule has 3 fully saturated rings. The Labute approximate surface area is 709 Å². The Morgan fingerprint density at radius 2 is 1.16 bits per heavy atom. The molecule has 22 nitrogen and oxygen atoms in total. The number of rotatable bonds is 49. The van der Waals surface area contributed by atoms with Crippen LogP contribution in [-0.4, -0.2) is 170 Å². The normalized spacial score (nSPS) is 26.0. The van der Waals surface area contributed by atoms with Gasteiger partial charge in [0.05, 0.1) is 43.7 Å². The second-order valence-corrected chi connectivity index (χ2v) is 36.1. The molecular formula is C96H157NO21. The molecule has 672 valence electrons. The number of hydrogen-bond donors (Lipinski definition) is 2. The van der Waals surface area contributed by atoms with Gasteiger partial charge in [0.2, 0.25) is 5.79 Å². The fourth-order valence-corrected chi connectivity index (χ4v) is 18.4. The summed E-state index contributed by atoms with van der Waals surface area (Å²) in [6, 6.07) is 2.30. The number of hydrogen-bond acceptors (Lipinski definition) is 21. The van der Waals surface area contributed by atoms with Gasteiger partial charge in [0.25, 0.3) is 11.7 Å². The molecule has 1 amide bonds. The van der Waals surface area contributed by atoms with Crippen molar-refractivity contribution in [2.45, 2.75) is 418 Å². The lowest BCUT2D eigenvalue weighted by Crippen LogP contribution is -2.64. The molecule has 1 aliphatic carbocycles. The molecule has 118 heavy (non-hydrogen) atoms. The van der Waals surface area contributed by atoms with Crippen molar-refractivity contribution in [2.24, 2.45) is 35.5 Å². The number of aliphatic hydroxyl groups is 2. The number of benzene rings is 1. The summed E-state index contributed by atoms with van der Waals surface area (Å²) in [5.41, 5.74) is 1.63. The average molecular weight is 1660 g/mol. The Morgan fingerprint density at radius 1 is 0.636 bits per heavy atom. The summed E-state index contributed by atoms with van der Waals surface area (Å²) in [5.74, 6) is -12.3. The van der Waals surface area contributed by atoms with Crippen LogP contribution in [0, 0.1) is 49.4 Å². The van der Waals surface area contributed by atoms with Crippen LogP contribution >= 0.6 is 0 Å². The van der Waals surface area contributed by atoms with Gasteiger partial charge in [0.15, 0.2) is 6.10 Å². The van der Waals surface area contributed by atoms with E-state index in [9.17, 15) is 39.0 Å². The van der Waals surface area contributed by atoms with E-state index in [-0.39, 0.29) is 88.1 Å². The summed E-state index contributed by atoms with van der Waals surface area (Å²) >= 11 is 0. The van der Waals surface area contributed by atoms with Gasteiger partial charge in [-0.2, -0.15) is 0 Å². The number of ketones is 2. The minimum absolute atomic E-state index is 0.00490. The van der Waals surface area contributed by atoms with Crippen LogP contribution in [0.15, 0.2) is 36.4 Å². The predicted molar refractivity (Wildman–Crippen MR) is 457 cm³/mol. The number of cyclic esters (lactones) is 1. The highest BCUT2D eigenvalue weighted by Gasteiger charge is 2.57. The molecule has 0 aromatic heterocycles. The van der Waals surface area contributed by atoms with Crippen molar-refractivity contribution in [3.8, 4) is 5.75 Å². The molecule has 2 unspecified atom stereocenters. The molecule has 2 saturated heterocycles. The Morgan fingerprint density at radius 3 is 1.69 bits per heavy atom. The van der Waals surface area contributed by atoms with Crippen molar-refractivity contribution in [1.82, 2.24) is 4.90 Å². The maximum Gasteiger partial charge on any atom is 0.329 e. The standard InChI is InChI=1S/C96H157NO21/c1-16-19-21-23-25-27-29-31-33-35-37-39-41-47-84(100)112-64-75(65-113-85(101)48-42-40-38-36-34-32-30-28-26-24-22-20-17-2)114-86(102)51-52-87(103)116-81-57-68(6)55-69(7)89(81)95(11,12)63-88(104)115-79-62-78(99)74(45-18-3)56-66(4)54-67(5)58-82(110-14)91-83(111-15)60-71(9)96(108,118-91)92(105)93(106)97-53-44-43-46-76(97)94(107)117-90(72(79)10)70(8)59-73-49-50-77(98)80(61-73)109-13/h18,55-57,67,70-77,79-80,82-83,90-91,98,108H,3,16-17,19-54,58-65H2,1-2,4-15H3/b66-56+/t67-,70?,71+,72+,73?,74+,76-,77+,79-,80+,82-,83-,90+,91+,96+/m0/s1. The smallest absolute Gasteiger partial charge is 0.329 e. The molecular weight excluding hydrogens is 1500 g/mol. The van der Waals surface area contributed by atoms with Crippen molar-refractivity contribution < 1.29 is 101 Å². The first-order valence-corrected chi connectivity index (χ1v) is 46.0. The van der Waals surface area contributed by atoms with Gasteiger partial charge in [-0.25, -0.2) is 4.79 Å². The molecule has 3 aliphatic heterocycles. The number of ether oxygens (including phenoxy) is 10. The van der Waals surface area contributed by atoms with Crippen LogP contribution in [0.3, 0.4) is 0 Å². The third-order valence-electron chi connectivity index (χ3n) is 25.2. The largest absolute Gasteiger partial charge is 0.462 e. The van der Waals surface area contributed by atoms with E-state index in [4.69, 9.17) is 47.4 Å². The van der Waals surface area contributed by atoms with Gasteiger partial charge in [-0.15, -0.1) is 6.58 Å². The lowest BCUT2D eigenvalue weighted by Gasteiger charge is -2.47. The molecule has 1 saturated carbocycles. The van der Waals surface area contributed by atoms with Gasteiger partial charge in [-0.1, -0.05) is 233 Å². The summed E-state index contributed by atoms with van der Waals surface area (Å²) in [6.07, 6.45) is 30.1. The van der Waals surface area contributed by atoms with Crippen molar-refractivity contribution in [3.63, 3.8) is 0 Å². The number of amides is 1. The summed E-state index contributed by atoms with van der Waals surface area (Å²) in [4.78, 5) is 131. The number of fused-ring (bicyclic) bond motifs is 3. The topological polar surface area (TPSA) is 290 Å². The van der Waals surface area contributed by atoms with Crippen LogP contribution in [-0.2, 0) is 91.2 Å². The van der Waals surface area contributed by atoms with Gasteiger partial charge >= 0.3 is 35.8 Å². The number of methoxy groups -OCH3 is 3. The highest BCUT2D eigenvalue weighted by atomic mass is 16.7. The third-order valence-corrected chi connectivity index (χ3v) is 25.2. The van der Waals surface area contributed by atoms with E-state index in [1.807, 2.05) is 60.6 Å². The number of aryl methyl sites for hydroxylation is 2. The fraction of sp³-hybridized carbons (Fsp3) is 0.802. The first kappa shape index (κ1) is 103. The van der Waals surface area contributed by atoms with Gasteiger partial charge in [-0.05, 0) is 139 Å². The molecule has 2 N–H and O–H groups in total. The van der Waals surface area contributed by atoms with Crippen LogP contribution in [0.4, 0.5) is 0 Å². The van der Waals surface area contributed by atoms with E-state index < -0.39 is 150 Å². The first-order valence-electron chi connectivity index (χ1n) is 46.0. The Kier molecular flexibility index (Phi) is 48.1. The van der Waals surface area contributed by atoms with Gasteiger partial charge < -0.3 is 62.5 Å². The number of aliphatic hydroxyl groups excluding tert-OH is 1.